The first kappa shape index (κ1) is 43.7. The summed E-state index contributed by atoms with van der Waals surface area (Å²) in [6.07, 6.45) is -10.4. The van der Waals surface area contributed by atoms with Crippen molar-refractivity contribution >= 4 is 57.5 Å². The lowest BCUT2D eigenvalue weighted by atomic mass is 9.73. The number of hydrogen-bond acceptors (Lipinski definition) is 16. The van der Waals surface area contributed by atoms with Crippen LogP contribution in [0.4, 0.5) is 0 Å². The normalized spacial score (nSPS) is 31.4. The molecule has 0 aliphatic carbocycles. The van der Waals surface area contributed by atoms with Gasteiger partial charge in [0.25, 0.3) is 5.91 Å². The van der Waals surface area contributed by atoms with Crippen molar-refractivity contribution in [2.45, 2.75) is 65.2 Å². The first-order chi connectivity index (χ1) is 28.8. The van der Waals surface area contributed by atoms with Crippen LogP contribution in [0.1, 0.15) is 43.8 Å². The Bertz CT molecular complexity index is 2110. The minimum atomic E-state index is -1.65. The summed E-state index contributed by atoms with van der Waals surface area (Å²) in [4.78, 5) is 29.4. The quantitative estimate of drug-likeness (QED) is 0.0867. The molecular formula is C40H43Cl2IN2O15. The van der Waals surface area contributed by atoms with Crippen LogP contribution in [0, 0.1) is 0 Å². The number of halogens is 3. The zero-order chi connectivity index (χ0) is 42.5. The van der Waals surface area contributed by atoms with Gasteiger partial charge < -0.3 is 69.1 Å². The molecule has 3 aromatic rings. The summed E-state index contributed by atoms with van der Waals surface area (Å²) in [5.41, 5.74) is -0.267. The Kier molecular flexibility index (Phi) is 13.1. The lowest BCUT2D eigenvalue weighted by Gasteiger charge is -2.44. The van der Waals surface area contributed by atoms with Gasteiger partial charge in [0.1, 0.15) is 60.1 Å². The van der Waals surface area contributed by atoms with E-state index >= 15 is 0 Å². The largest absolute Gasteiger partial charge is 0.460 e. The van der Waals surface area contributed by atoms with Crippen molar-refractivity contribution in [2.24, 2.45) is 0 Å². The van der Waals surface area contributed by atoms with E-state index in [0.717, 1.165) is 26.1 Å². The predicted octanol–water partition coefficient (Wildman–Crippen LogP) is 1.50. The van der Waals surface area contributed by atoms with E-state index in [2.05, 4.69) is 10.2 Å². The fourth-order valence-corrected chi connectivity index (χ4v) is 9.17. The Balaban J connectivity index is 1.17. The summed E-state index contributed by atoms with van der Waals surface area (Å²) in [5.74, 6) is -0.658. The first-order valence-corrected chi connectivity index (χ1v) is 21.3. The van der Waals surface area contributed by atoms with Crippen LogP contribution in [0.25, 0.3) is 0 Å². The van der Waals surface area contributed by atoms with Crippen molar-refractivity contribution in [1.29, 1.82) is 0 Å². The number of alkyl halides is 1. The van der Waals surface area contributed by atoms with Crippen LogP contribution < -0.4 is 19.5 Å². The second-order valence-corrected chi connectivity index (χ2v) is 17.3. The maximum absolute atomic E-state index is 13.7. The number of aliphatic hydroxyl groups excluding tert-OH is 6. The Morgan fingerprint density at radius 1 is 0.883 bits per heavy atom. The summed E-state index contributed by atoms with van der Waals surface area (Å²) < 4.78 is 40.9. The molecule has 0 bridgehead atoms. The number of ketones is 1. The van der Waals surface area contributed by atoms with E-state index < -0.39 is 77.7 Å². The van der Waals surface area contributed by atoms with Gasteiger partial charge in [-0.1, -0.05) is 51.9 Å². The molecule has 5 aliphatic rings. The Hall–Kier alpha value is -2.93. The number of hydrogen-bond donors (Lipinski definition) is 7. The monoisotopic (exact) mass is 988 g/mol. The van der Waals surface area contributed by atoms with Gasteiger partial charge >= 0.3 is 0 Å². The number of carbonyl (C=O) groups is 2. The molecule has 0 saturated carbocycles. The number of fused-ring (bicyclic) bond motifs is 6. The van der Waals surface area contributed by atoms with E-state index in [9.17, 15) is 40.2 Å². The molecule has 324 valence electrons. The maximum atomic E-state index is 13.7. The van der Waals surface area contributed by atoms with Crippen molar-refractivity contribution in [2.75, 3.05) is 59.2 Å². The third-order valence-electron chi connectivity index (χ3n) is 11.2. The minimum Gasteiger partial charge on any atom is -0.460 e. The van der Waals surface area contributed by atoms with Crippen molar-refractivity contribution in [3.63, 3.8) is 0 Å². The average Bonchev–Trinajstić information content (AvgIpc) is 3.25. The van der Waals surface area contributed by atoms with Gasteiger partial charge in [-0.2, -0.15) is 0 Å². The topological polar surface area (TPSA) is 235 Å². The predicted molar refractivity (Wildman–Crippen MR) is 218 cm³/mol. The van der Waals surface area contributed by atoms with Crippen molar-refractivity contribution < 1.29 is 73.4 Å². The molecule has 5 heterocycles. The SMILES string of the molecule is O=C(NCCCN1CCOCC1)c1ccc2c(c1)C(=O)COC21c2cc(Cl)c(O[C@H]3OC[C@@H](O)[C@@H](O)C3O)cc2Oc2cc(O[C@@H]3OC(CO)[C@H](I)C(O)[C@@H]3O)c(Cl)cc21. The van der Waals surface area contributed by atoms with Gasteiger partial charge in [-0.3, -0.25) is 14.5 Å². The Morgan fingerprint density at radius 3 is 2.20 bits per heavy atom. The Morgan fingerprint density at radius 2 is 1.53 bits per heavy atom. The molecule has 8 rings (SSSR count). The number of carbonyl (C=O) groups excluding carboxylic acids is 2. The highest BCUT2D eigenvalue weighted by Crippen LogP contribution is 2.58. The van der Waals surface area contributed by atoms with Crippen molar-refractivity contribution in [3.05, 3.63) is 80.3 Å². The van der Waals surface area contributed by atoms with Crippen molar-refractivity contribution in [1.82, 2.24) is 10.2 Å². The number of aliphatic hydroxyl groups is 6. The lowest BCUT2D eigenvalue weighted by Crippen LogP contribution is -2.58. The van der Waals surface area contributed by atoms with Gasteiger partial charge in [-0.05, 0) is 37.2 Å². The zero-order valence-electron chi connectivity index (χ0n) is 31.7. The summed E-state index contributed by atoms with van der Waals surface area (Å²) in [7, 11) is 0. The molecule has 7 N–H and O–H groups in total. The smallest absolute Gasteiger partial charge is 0.251 e. The molecule has 3 saturated heterocycles. The second-order valence-electron chi connectivity index (χ2n) is 15.0. The number of nitrogens with one attached hydrogen (secondary N) is 1. The molecule has 1 spiro atoms. The van der Waals surface area contributed by atoms with Crippen LogP contribution >= 0.6 is 45.8 Å². The van der Waals surface area contributed by atoms with Gasteiger partial charge in [0.05, 0.1) is 46.5 Å². The van der Waals surface area contributed by atoms with Gasteiger partial charge in [-0.15, -0.1) is 0 Å². The number of Topliss-reactive ketones (excluding diaryl/α,β-unsaturated/α-hetero) is 1. The van der Waals surface area contributed by atoms with Crippen LogP contribution in [0.15, 0.2) is 42.5 Å². The number of morpholine rings is 1. The average molecular weight is 990 g/mol. The highest BCUT2D eigenvalue weighted by Gasteiger charge is 2.52. The minimum absolute atomic E-state index is 0.00651. The number of benzene rings is 3. The summed E-state index contributed by atoms with van der Waals surface area (Å²) in [6, 6.07) is 10.5. The number of rotatable bonds is 10. The molecule has 3 aromatic carbocycles. The van der Waals surface area contributed by atoms with Crippen LogP contribution in [-0.2, 0) is 24.5 Å². The molecule has 4 unspecified atom stereocenters. The summed E-state index contributed by atoms with van der Waals surface area (Å²) in [6.45, 7) is 3.01. The zero-order valence-corrected chi connectivity index (χ0v) is 35.4. The van der Waals surface area contributed by atoms with Crippen LogP contribution in [0.2, 0.25) is 10.0 Å². The fraction of sp³-hybridized carbons (Fsp3) is 0.500. The standard InChI is InChI=1S/C40H43Cl2IN2O15/c41-23-11-21-27(13-29(23)58-38-35(51)33(49)26(48)16-55-38)57-28-14-30(59-39-36(52)34(50)32(43)31(15-46)60-39)24(42)12-22(28)40(21)20-3-2-18(10-19(20)25(47)17-56-40)37(53)44-4-1-5-45-6-8-54-9-7-45/h2-3,10-14,26,31-36,38-39,46,48-52H,1,4-9,15-17H2,(H,44,53)/t26-,31?,32+,33-,34?,35?,36+,38-,39-,40?/m1/s1. The number of ether oxygens (including phenoxy) is 7. The van der Waals surface area contributed by atoms with E-state index in [1.54, 1.807) is 12.1 Å². The molecule has 10 atom stereocenters. The van der Waals surface area contributed by atoms with Gasteiger partial charge in [0.15, 0.2) is 11.4 Å². The molecule has 0 aromatic heterocycles. The second kappa shape index (κ2) is 18.0. The van der Waals surface area contributed by atoms with Gasteiger partial charge in [0.2, 0.25) is 12.6 Å². The lowest BCUT2D eigenvalue weighted by molar-refractivity contribution is -0.242. The van der Waals surface area contributed by atoms with Crippen molar-refractivity contribution in [3.8, 4) is 23.0 Å². The molecule has 1 amide bonds. The molecule has 17 nitrogen and oxygen atoms in total. The highest BCUT2D eigenvalue weighted by molar-refractivity contribution is 14.1. The maximum Gasteiger partial charge on any atom is 0.251 e. The van der Waals surface area contributed by atoms with Gasteiger partial charge in [0, 0.05) is 59.6 Å². The number of nitrogens with zero attached hydrogens (tertiary/aromatic N) is 1. The highest BCUT2D eigenvalue weighted by atomic mass is 127. The molecule has 60 heavy (non-hydrogen) atoms. The third kappa shape index (κ3) is 8.21. The van der Waals surface area contributed by atoms with E-state index in [1.807, 2.05) is 22.6 Å². The molecular weight excluding hydrogens is 946 g/mol. The molecule has 0 radical (unpaired) electrons. The van der Waals surface area contributed by atoms with Crippen LogP contribution in [0.3, 0.4) is 0 Å². The third-order valence-corrected chi connectivity index (χ3v) is 13.3. The first-order valence-electron chi connectivity index (χ1n) is 19.3. The summed E-state index contributed by atoms with van der Waals surface area (Å²) in [5, 5.41) is 65.2. The van der Waals surface area contributed by atoms with Gasteiger partial charge in [-0.25, -0.2) is 0 Å². The van der Waals surface area contributed by atoms with E-state index in [0.29, 0.717) is 36.4 Å². The van der Waals surface area contributed by atoms with E-state index in [4.69, 9.17) is 56.4 Å². The summed E-state index contributed by atoms with van der Waals surface area (Å²) >= 11 is 15.6. The number of amides is 1. The van der Waals surface area contributed by atoms with Crippen LogP contribution in [-0.4, -0.2) is 160 Å². The Labute approximate surface area is 367 Å². The molecule has 3 fully saturated rings. The molecule has 5 aliphatic heterocycles. The van der Waals surface area contributed by atoms with E-state index in [1.165, 1.54) is 30.3 Å². The fourth-order valence-electron chi connectivity index (χ4n) is 7.93. The van der Waals surface area contributed by atoms with E-state index in [-0.39, 0.29) is 56.7 Å². The molecule has 20 heteroatoms. The van der Waals surface area contributed by atoms with Crippen LogP contribution in [0.5, 0.6) is 23.0 Å².